The fourth-order valence-corrected chi connectivity index (χ4v) is 8.91. The van der Waals surface area contributed by atoms with Gasteiger partial charge in [-0.25, -0.2) is 0 Å². The van der Waals surface area contributed by atoms with E-state index in [1.54, 1.807) is 25.2 Å². The lowest BCUT2D eigenvalue weighted by Gasteiger charge is -2.56. The van der Waals surface area contributed by atoms with Crippen molar-refractivity contribution in [2.24, 2.45) is 23.7 Å². The molecule has 0 bridgehead atoms. The van der Waals surface area contributed by atoms with Crippen LogP contribution in [0.25, 0.3) is 0 Å². The number of benzene rings is 2. The maximum Gasteiger partial charge on any atom is 0.323 e. The van der Waals surface area contributed by atoms with Gasteiger partial charge in [0, 0.05) is 43.4 Å². The molecule has 2 heterocycles. The van der Waals surface area contributed by atoms with Gasteiger partial charge in [0.15, 0.2) is 18.4 Å². The summed E-state index contributed by atoms with van der Waals surface area (Å²) in [4.78, 5) is 32.3. The van der Waals surface area contributed by atoms with Gasteiger partial charge in [0.25, 0.3) is 0 Å². The largest absolute Gasteiger partial charge is 0.454 e. The summed E-state index contributed by atoms with van der Waals surface area (Å²) in [5, 5.41) is 33.8. The molecule has 12 heteroatoms. The molecule has 4 aliphatic rings. The van der Waals surface area contributed by atoms with E-state index in [-0.39, 0.29) is 30.1 Å². The Kier molecular flexibility index (Phi) is 9.92. The fraction of sp³-hybridized carbons (Fsp3) is 0.556. The molecule has 10 atom stereocenters. The number of anilines is 1. The number of nitrogens with zero attached hydrogens (tertiary/aromatic N) is 1. The third-order valence-corrected chi connectivity index (χ3v) is 11.4. The molecule has 1 unspecified atom stereocenters. The zero-order chi connectivity index (χ0) is 34.5. The first-order valence-corrected chi connectivity index (χ1v) is 17.4. The van der Waals surface area contributed by atoms with E-state index in [0.717, 1.165) is 17.6 Å². The van der Waals surface area contributed by atoms with Gasteiger partial charge in [0.1, 0.15) is 17.2 Å². The van der Waals surface area contributed by atoms with Crippen LogP contribution in [0.4, 0.5) is 5.69 Å². The number of carbonyl (C=O) groups excluding carboxylic acids is 2. The van der Waals surface area contributed by atoms with E-state index in [9.17, 15) is 19.8 Å². The Morgan fingerprint density at radius 3 is 2.65 bits per heavy atom. The maximum absolute atomic E-state index is 14.1. The van der Waals surface area contributed by atoms with Crippen LogP contribution in [0.15, 0.2) is 54.1 Å². The Labute approximate surface area is 291 Å². The molecule has 0 amide bonds. The van der Waals surface area contributed by atoms with E-state index in [0.29, 0.717) is 40.8 Å². The Hall–Kier alpha value is -2.70. The minimum absolute atomic E-state index is 0.0488. The van der Waals surface area contributed by atoms with Gasteiger partial charge < -0.3 is 25.0 Å². The molecule has 260 valence electrons. The van der Waals surface area contributed by atoms with Gasteiger partial charge in [0.2, 0.25) is 0 Å². The van der Waals surface area contributed by atoms with Crippen molar-refractivity contribution in [3.63, 3.8) is 0 Å². The molecule has 1 saturated heterocycles. The van der Waals surface area contributed by atoms with Crippen LogP contribution in [0, 0.1) is 23.7 Å². The number of nitrogens with one attached hydrogen (secondary N) is 2. The standard InChI is InChI=1S/C36H45Cl2N3O7/c1-19-14-27-25(20(2)17-39-18-23-8-6-9-24(37)15-23)13-12-21(3)36(27,45)32(31(19)46-22(4)42)47-33(43)29-16-35(44)26-10-7-11-28(38)30(26)41(5)48-34(35)40-29/h6-11,14-15,20-21,25,27,29,31-32,34,39-40,44-45H,12-13,16-18H2,1-5H3/t20?,21-,25+,27-,29+,31-,32+,34-,35-,36-/m1/s1. The van der Waals surface area contributed by atoms with Crippen molar-refractivity contribution in [3.05, 3.63) is 75.3 Å². The minimum atomic E-state index is -1.57. The number of aliphatic hydroxyl groups is 2. The van der Waals surface area contributed by atoms with Crippen LogP contribution in [0.3, 0.4) is 0 Å². The Balaban J connectivity index is 1.24. The number of hydrogen-bond donors (Lipinski definition) is 4. The molecule has 10 nitrogen and oxygen atoms in total. The number of hydrogen-bond acceptors (Lipinski definition) is 10. The molecule has 1 saturated carbocycles. The normalized spacial score (nSPS) is 34.7. The van der Waals surface area contributed by atoms with E-state index in [2.05, 4.69) is 17.6 Å². The number of esters is 2. The summed E-state index contributed by atoms with van der Waals surface area (Å²) in [6, 6.07) is 12.0. The summed E-state index contributed by atoms with van der Waals surface area (Å²) in [6.45, 7) is 8.64. The Bertz CT molecular complexity index is 1590. The smallest absolute Gasteiger partial charge is 0.323 e. The predicted molar refractivity (Wildman–Crippen MR) is 182 cm³/mol. The van der Waals surface area contributed by atoms with Crippen molar-refractivity contribution in [2.45, 2.75) is 89.2 Å². The molecule has 48 heavy (non-hydrogen) atoms. The Morgan fingerprint density at radius 1 is 1.17 bits per heavy atom. The third kappa shape index (κ3) is 6.25. The average Bonchev–Trinajstić information content (AvgIpc) is 3.38. The van der Waals surface area contributed by atoms with Crippen LogP contribution < -0.4 is 15.7 Å². The number of carbonyl (C=O) groups is 2. The molecule has 6 rings (SSSR count). The maximum atomic E-state index is 14.1. The quantitative estimate of drug-likeness (QED) is 0.223. The summed E-state index contributed by atoms with van der Waals surface area (Å²) in [5.74, 6) is -1.62. The van der Waals surface area contributed by atoms with E-state index in [1.165, 1.54) is 12.0 Å². The molecule has 2 aliphatic carbocycles. The number of halogens is 2. The Morgan fingerprint density at radius 2 is 1.92 bits per heavy atom. The highest BCUT2D eigenvalue weighted by Gasteiger charge is 2.62. The van der Waals surface area contributed by atoms with Crippen molar-refractivity contribution < 1.29 is 34.1 Å². The van der Waals surface area contributed by atoms with Gasteiger partial charge in [-0.15, -0.1) is 0 Å². The van der Waals surface area contributed by atoms with Crippen LogP contribution in [0.5, 0.6) is 0 Å². The zero-order valence-electron chi connectivity index (χ0n) is 27.9. The third-order valence-electron chi connectivity index (χ3n) is 10.9. The number of para-hydroxylation sites is 1. The van der Waals surface area contributed by atoms with Crippen molar-refractivity contribution in [2.75, 3.05) is 18.7 Å². The first-order chi connectivity index (χ1) is 22.7. The van der Waals surface area contributed by atoms with Crippen LogP contribution in [-0.2, 0) is 36.0 Å². The first-order valence-electron chi connectivity index (χ1n) is 16.7. The predicted octanol–water partition coefficient (Wildman–Crippen LogP) is 4.87. The van der Waals surface area contributed by atoms with Gasteiger partial charge in [0.05, 0.1) is 10.7 Å². The van der Waals surface area contributed by atoms with Crippen LogP contribution in [0.2, 0.25) is 10.0 Å². The molecule has 0 aromatic heterocycles. The zero-order valence-corrected chi connectivity index (χ0v) is 29.4. The lowest BCUT2D eigenvalue weighted by atomic mass is 9.55. The summed E-state index contributed by atoms with van der Waals surface area (Å²) in [7, 11) is 1.68. The van der Waals surface area contributed by atoms with E-state index in [4.69, 9.17) is 37.5 Å². The summed E-state index contributed by atoms with van der Waals surface area (Å²) in [6.07, 6.45) is 0.454. The summed E-state index contributed by atoms with van der Waals surface area (Å²) in [5.41, 5.74) is -0.223. The second kappa shape index (κ2) is 13.5. The summed E-state index contributed by atoms with van der Waals surface area (Å²) < 4.78 is 12.0. The SMILES string of the molecule is CC(=O)O[C@@H]1C(C)=C[C@@H]2[C@H](C(C)CNCc3cccc(Cl)c3)CC[C@@H](C)[C@]2(O)[C@H]1OC(=O)[C@@H]1C[C@@]2(O)c3cccc(Cl)c3N(C)O[C@H]2N1. The van der Waals surface area contributed by atoms with E-state index < -0.39 is 47.6 Å². The van der Waals surface area contributed by atoms with Gasteiger partial charge in [-0.2, -0.15) is 0 Å². The summed E-state index contributed by atoms with van der Waals surface area (Å²) >= 11 is 12.6. The van der Waals surface area contributed by atoms with Crippen molar-refractivity contribution in [1.29, 1.82) is 0 Å². The minimum Gasteiger partial charge on any atom is -0.454 e. The number of hydroxylamine groups is 1. The topological polar surface area (TPSA) is 130 Å². The molecule has 2 aromatic carbocycles. The monoisotopic (exact) mass is 701 g/mol. The lowest BCUT2D eigenvalue weighted by molar-refractivity contribution is -0.225. The molecule has 0 spiro atoms. The van der Waals surface area contributed by atoms with Crippen LogP contribution >= 0.6 is 23.2 Å². The van der Waals surface area contributed by atoms with Crippen LogP contribution in [0.1, 0.15) is 58.1 Å². The van der Waals surface area contributed by atoms with Gasteiger partial charge in [-0.05, 0) is 73.4 Å². The molecular formula is C36H45Cl2N3O7. The highest BCUT2D eigenvalue weighted by Crippen LogP contribution is 2.53. The van der Waals surface area contributed by atoms with Crippen molar-refractivity contribution >= 4 is 40.8 Å². The molecular weight excluding hydrogens is 657 g/mol. The molecule has 2 aromatic rings. The number of ether oxygens (including phenoxy) is 2. The van der Waals surface area contributed by atoms with E-state index >= 15 is 0 Å². The molecule has 2 aliphatic heterocycles. The second-order valence-electron chi connectivity index (χ2n) is 14.1. The molecule has 4 N–H and O–H groups in total. The van der Waals surface area contributed by atoms with Crippen molar-refractivity contribution in [1.82, 2.24) is 10.6 Å². The highest BCUT2D eigenvalue weighted by atomic mass is 35.5. The second-order valence-corrected chi connectivity index (χ2v) is 14.9. The first kappa shape index (κ1) is 35.1. The lowest BCUT2D eigenvalue weighted by Crippen LogP contribution is -2.66. The number of rotatable bonds is 8. The molecule has 2 fully saturated rings. The van der Waals surface area contributed by atoms with Crippen LogP contribution in [-0.4, -0.2) is 65.8 Å². The van der Waals surface area contributed by atoms with E-state index in [1.807, 2.05) is 44.2 Å². The average molecular weight is 703 g/mol. The highest BCUT2D eigenvalue weighted by molar-refractivity contribution is 6.33. The van der Waals surface area contributed by atoms with Gasteiger partial charge >= 0.3 is 11.9 Å². The van der Waals surface area contributed by atoms with Gasteiger partial charge in [-0.3, -0.25) is 24.8 Å². The molecule has 0 radical (unpaired) electrons. The number of fused-ring (bicyclic) bond motifs is 4. The fourth-order valence-electron chi connectivity index (χ4n) is 8.40. The van der Waals surface area contributed by atoms with Crippen molar-refractivity contribution in [3.8, 4) is 0 Å². The van der Waals surface area contributed by atoms with Gasteiger partial charge in [-0.1, -0.05) is 67.4 Å².